The molecule has 0 aromatic carbocycles. The van der Waals surface area contributed by atoms with Crippen LogP contribution in [0, 0.1) is 5.92 Å². The smallest absolute Gasteiger partial charge is 0.254 e. The summed E-state index contributed by atoms with van der Waals surface area (Å²) in [6.45, 7) is 4.85. The molecule has 1 atom stereocenters. The number of likely N-dealkylation sites (N-methyl/N-ethyl adjacent to an activating group) is 1. The average molecular weight is 319 g/mol. The molecule has 0 bridgehead atoms. The standard InChI is InChI=1S/C13H20Cl2N4O/c1-8(2)5-9(19(3)4)7-16-13(20)10-6-11(14)17-18-12(10)15/h6,8-9H,5,7H2,1-4H3,(H,16,20). The maximum atomic E-state index is 12.1. The first-order valence-electron chi connectivity index (χ1n) is 6.44. The molecule has 1 rings (SSSR count). The van der Waals surface area contributed by atoms with Gasteiger partial charge in [-0.2, -0.15) is 0 Å². The SMILES string of the molecule is CC(C)CC(CNC(=O)c1cc(Cl)nnc1Cl)N(C)C. The summed E-state index contributed by atoms with van der Waals surface area (Å²) in [5, 5.41) is 10.3. The number of hydrogen-bond acceptors (Lipinski definition) is 4. The first-order valence-corrected chi connectivity index (χ1v) is 7.20. The minimum atomic E-state index is -0.289. The van der Waals surface area contributed by atoms with Gasteiger partial charge in [0.25, 0.3) is 5.91 Å². The topological polar surface area (TPSA) is 58.1 Å². The molecule has 1 heterocycles. The van der Waals surface area contributed by atoms with Crippen molar-refractivity contribution in [3.05, 3.63) is 21.9 Å². The fourth-order valence-electron chi connectivity index (χ4n) is 1.84. The van der Waals surface area contributed by atoms with Crippen LogP contribution in [-0.2, 0) is 0 Å². The molecular weight excluding hydrogens is 299 g/mol. The van der Waals surface area contributed by atoms with E-state index in [9.17, 15) is 4.79 Å². The molecule has 0 aliphatic rings. The van der Waals surface area contributed by atoms with Crippen LogP contribution in [0.1, 0.15) is 30.6 Å². The van der Waals surface area contributed by atoms with Crippen molar-refractivity contribution in [1.29, 1.82) is 0 Å². The third kappa shape index (κ3) is 5.23. The van der Waals surface area contributed by atoms with Crippen molar-refractivity contribution in [3.8, 4) is 0 Å². The summed E-state index contributed by atoms with van der Waals surface area (Å²) in [6, 6.07) is 1.68. The second kappa shape index (κ2) is 7.76. The summed E-state index contributed by atoms with van der Waals surface area (Å²) < 4.78 is 0. The van der Waals surface area contributed by atoms with Crippen LogP contribution in [0.25, 0.3) is 0 Å². The fourth-order valence-corrected chi connectivity index (χ4v) is 2.16. The summed E-state index contributed by atoms with van der Waals surface area (Å²) in [4.78, 5) is 14.2. The minimum absolute atomic E-state index is 0.0529. The molecule has 0 saturated heterocycles. The summed E-state index contributed by atoms with van der Waals surface area (Å²) in [6.07, 6.45) is 0.996. The summed E-state index contributed by atoms with van der Waals surface area (Å²) in [5.41, 5.74) is 0.244. The largest absolute Gasteiger partial charge is 0.350 e. The molecule has 5 nitrogen and oxygen atoms in total. The molecule has 20 heavy (non-hydrogen) atoms. The fraction of sp³-hybridized carbons (Fsp3) is 0.615. The van der Waals surface area contributed by atoms with Gasteiger partial charge in [0.15, 0.2) is 10.3 Å². The van der Waals surface area contributed by atoms with Gasteiger partial charge in [0.05, 0.1) is 5.56 Å². The maximum Gasteiger partial charge on any atom is 0.254 e. The van der Waals surface area contributed by atoms with Gasteiger partial charge in [-0.05, 0) is 32.5 Å². The van der Waals surface area contributed by atoms with Crippen molar-refractivity contribution in [2.45, 2.75) is 26.3 Å². The van der Waals surface area contributed by atoms with Crippen molar-refractivity contribution in [1.82, 2.24) is 20.4 Å². The lowest BCUT2D eigenvalue weighted by Gasteiger charge is -2.26. The van der Waals surface area contributed by atoms with E-state index in [-0.39, 0.29) is 27.8 Å². The number of hydrogen-bond donors (Lipinski definition) is 1. The lowest BCUT2D eigenvalue weighted by Crippen LogP contribution is -2.41. The van der Waals surface area contributed by atoms with E-state index in [0.29, 0.717) is 12.5 Å². The van der Waals surface area contributed by atoms with Crippen LogP contribution in [0.2, 0.25) is 10.3 Å². The van der Waals surface area contributed by atoms with Crippen molar-refractivity contribution in [2.24, 2.45) is 5.92 Å². The van der Waals surface area contributed by atoms with Crippen LogP contribution in [0.5, 0.6) is 0 Å². The first-order chi connectivity index (χ1) is 9.31. The number of amides is 1. The Morgan fingerprint density at radius 3 is 2.55 bits per heavy atom. The van der Waals surface area contributed by atoms with E-state index in [1.807, 2.05) is 14.1 Å². The van der Waals surface area contributed by atoms with Gasteiger partial charge in [0.1, 0.15) is 0 Å². The van der Waals surface area contributed by atoms with E-state index >= 15 is 0 Å². The number of carbonyl (C=O) groups is 1. The Hall–Kier alpha value is -0.910. The normalized spacial score (nSPS) is 12.8. The van der Waals surface area contributed by atoms with Crippen molar-refractivity contribution in [2.75, 3.05) is 20.6 Å². The molecule has 0 radical (unpaired) electrons. The van der Waals surface area contributed by atoms with E-state index in [0.717, 1.165) is 6.42 Å². The van der Waals surface area contributed by atoms with Gasteiger partial charge in [0, 0.05) is 12.6 Å². The molecule has 1 aromatic heterocycles. The highest BCUT2D eigenvalue weighted by molar-refractivity contribution is 6.34. The summed E-state index contributed by atoms with van der Waals surface area (Å²) >= 11 is 11.6. The molecule has 0 spiro atoms. The number of halogens is 2. The van der Waals surface area contributed by atoms with Gasteiger partial charge in [0.2, 0.25) is 0 Å². The molecule has 1 N–H and O–H groups in total. The molecule has 1 unspecified atom stereocenters. The lowest BCUT2D eigenvalue weighted by atomic mass is 10.0. The predicted molar refractivity (Wildman–Crippen MR) is 81.3 cm³/mol. The Labute approximate surface area is 129 Å². The molecule has 0 saturated carbocycles. The predicted octanol–water partition coefficient (Wildman–Crippen LogP) is 2.49. The van der Waals surface area contributed by atoms with Crippen LogP contribution in [0.4, 0.5) is 0 Å². The van der Waals surface area contributed by atoms with Crippen LogP contribution in [0.15, 0.2) is 6.07 Å². The summed E-state index contributed by atoms with van der Waals surface area (Å²) in [5.74, 6) is 0.266. The zero-order chi connectivity index (χ0) is 15.3. The molecule has 1 aromatic rings. The molecule has 112 valence electrons. The van der Waals surface area contributed by atoms with Gasteiger partial charge in [-0.1, -0.05) is 37.0 Å². The van der Waals surface area contributed by atoms with E-state index in [2.05, 4.69) is 34.3 Å². The average Bonchev–Trinajstić information content (AvgIpc) is 2.36. The first kappa shape index (κ1) is 17.1. The Balaban J connectivity index is 2.68. The molecule has 0 aliphatic heterocycles. The Kier molecular flexibility index (Phi) is 6.65. The van der Waals surface area contributed by atoms with Crippen LogP contribution in [-0.4, -0.2) is 47.7 Å². The Bertz CT molecular complexity index is 466. The van der Waals surface area contributed by atoms with Crippen molar-refractivity contribution >= 4 is 29.1 Å². The highest BCUT2D eigenvalue weighted by Crippen LogP contribution is 2.15. The Morgan fingerprint density at radius 2 is 2.00 bits per heavy atom. The van der Waals surface area contributed by atoms with Crippen LogP contribution < -0.4 is 5.32 Å². The zero-order valence-corrected chi connectivity index (χ0v) is 13.7. The van der Waals surface area contributed by atoms with E-state index in [1.54, 1.807) is 0 Å². The lowest BCUT2D eigenvalue weighted by molar-refractivity contribution is 0.0938. The maximum absolute atomic E-state index is 12.1. The number of rotatable bonds is 6. The highest BCUT2D eigenvalue weighted by Gasteiger charge is 2.17. The van der Waals surface area contributed by atoms with Gasteiger partial charge >= 0.3 is 0 Å². The third-order valence-electron chi connectivity index (χ3n) is 2.94. The zero-order valence-electron chi connectivity index (χ0n) is 12.2. The number of carbonyl (C=O) groups excluding carboxylic acids is 1. The van der Waals surface area contributed by atoms with Gasteiger partial charge in [-0.25, -0.2) is 0 Å². The monoisotopic (exact) mass is 318 g/mol. The quantitative estimate of drug-likeness (QED) is 0.875. The summed E-state index contributed by atoms with van der Waals surface area (Å²) in [7, 11) is 3.99. The van der Waals surface area contributed by atoms with Crippen LogP contribution in [0.3, 0.4) is 0 Å². The molecular formula is C13H20Cl2N4O. The van der Waals surface area contributed by atoms with Gasteiger partial charge < -0.3 is 10.2 Å². The Morgan fingerprint density at radius 1 is 1.35 bits per heavy atom. The van der Waals surface area contributed by atoms with E-state index < -0.39 is 0 Å². The molecule has 0 fully saturated rings. The number of nitrogens with one attached hydrogen (secondary N) is 1. The van der Waals surface area contributed by atoms with E-state index in [1.165, 1.54) is 6.07 Å². The third-order valence-corrected chi connectivity index (χ3v) is 3.40. The van der Waals surface area contributed by atoms with Crippen LogP contribution >= 0.6 is 23.2 Å². The molecule has 1 amide bonds. The van der Waals surface area contributed by atoms with E-state index in [4.69, 9.17) is 23.2 Å². The number of aromatic nitrogens is 2. The van der Waals surface area contributed by atoms with Crippen molar-refractivity contribution < 1.29 is 4.79 Å². The van der Waals surface area contributed by atoms with Crippen molar-refractivity contribution in [3.63, 3.8) is 0 Å². The minimum Gasteiger partial charge on any atom is -0.350 e. The number of nitrogens with zero attached hydrogens (tertiary/aromatic N) is 3. The second-order valence-electron chi connectivity index (χ2n) is 5.33. The van der Waals surface area contributed by atoms with Gasteiger partial charge in [-0.3, -0.25) is 4.79 Å². The van der Waals surface area contributed by atoms with Gasteiger partial charge in [-0.15, -0.1) is 10.2 Å². The molecule has 0 aliphatic carbocycles. The second-order valence-corrected chi connectivity index (χ2v) is 6.07. The molecule has 7 heteroatoms. The highest BCUT2D eigenvalue weighted by atomic mass is 35.5.